The maximum Gasteiger partial charge on any atom is 0.0543 e. The predicted octanol–water partition coefficient (Wildman–Crippen LogP) is 14.5. The van der Waals surface area contributed by atoms with Gasteiger partial charge in [0.15, 0.2) is 0 Å². The van der Waals surface area contributed by atoms with E-state index < -0.39 is 0 Å². The molecule has 0 unspecified atom stereocenters. The highest BCUT2D eigenvalue weighted by Gasteiger charge is 2.61. The molecular formula is C55H47N. The Balaban J connectivity index is 1.13. The summed E-state index contributed by atoms with van der Waals surface area (Å²) in [4.78, 5) is 2.56. The fraction of sp³-hybridized carbons (Fsp3) is 0.236. The number of para-hydroxylation sites is 1. The van der Waals surface area contributed by atoms with E-state index in [1.807, 2.05) is 0 Å². The average molecular weight is 722 g/mol. The van der Waals surface area contributed by atoms with Crippen molar-refractivity contribution in [3.05, 3.63) is 186 Å². The van der Waals surface area contributed by atoms with Gasteiger partial charge in [0, 0.05) is 27.8 Å². The molecular weight excluding hydrogens is 675 g/mol. The van der Waals surface area contributed by atoms with E-state index >= 15 is 0 Å². The topological polar surface area (TPSA) is 3.24 Å². The van der Waals surface area contributed by atoms with E-state index in [4.69, 9.17) is 0 Å². The molecule has 4 bridgehead atoms. The molecule has 1 spiro atoms. The summed E-state index contributed by atoms with van der Waals surface area (Å²) in [7, 11) is 0. The average Bonchev–Trinajstić information content (AvgIpc) is 3.65. The lowest BCUT2D eigenvalue weighted by atomic mass is 9.43. The van der Waals surface area contributed by atoms with Crippen LogP contribution in [-0.2, 0) is 10.8 Å². The van der Waals surface area contributed by atoms with E-state index in [1.54, 1.807) is 11.1 Å². The molecule has 7 aromatic rings. The SMILES string of the molecule is CC1(C)c2ccccc2-c2ccc(-c3cc4c(cc3N(c3ccccc3)c3ccc(-c5ccccc5)cc3)C3(c5ccccc5-4)C4CC5CC(C4)CC3C5)cc21. The van der Waals surface area contributed by atoms with Gasteiger partial charge in [0.1, 0.15) is 0 Å². The monoisotopic (exact) mass is 721 g/mol. The second-order valence-electron chi connectivity index (χ2n) is 18.1. The van der Waals surface area contributed by atoms with Crippen molar-refractivity contribution >= 4 is 17.1 Å². The summed E-state index contributed by atoms with van der Waals surface area (Å²) in [6, 6.07) is 62.4. The maximum absolute atomic E-state index is 2.69. The Morgan fingerprint density at radius 1 is 0.393 bits per heavy atom. The maximum atomic E-state index is 2.69. The fourth-order valence-corrected chi connectivity index (χ4v) is 12.9. The van der Waals surface area contributed by atoms with E-state index in [9.17, 15) is 0 Å². The summed E-state index contributed by atoms with van der Waals surface area (Å²) in [5, 5.41) is 0. The Bertz CT molecular complexity index is 2640. The summed E-state index contributed by atoms with van der Waals surface area (Å²) in [5.74, 6) is 3.21. The van der Waals surface area contributed by atoms with Crippen LogP contribution in [-0.4, -0.2) is 0 Å². The van der Waals surface area contributed by atoms with E-state index in [2.05, 4.69) is 183 Å². The first-order chi connectivity index (χ1) is 27.5. The van der Waals surface area contributed by atoms with Crippen LogP contribution in [0.25, 0.3) is 44.5 Å². The lowest BCUT2D eigenvalue weighted by Gasteiger charge is -2.61. The van der Waals surface area contributed by atoms with Gasteiger partial charge in [-0.15, -0.1) is 0 Å². The number of hydrogen-bond donors (Lipinski definition) is 0. The standard InChI is InChI=1S/C55H47N/c1-54(2)49-19-11-9-17-44(49)46-26-23-39(32-51(46)54)47-33-48-45-18-10-12-20-50(45)55(40-28-35-27-36(30-40)31-41(55)29-35)52(48)34-53(47)56(42-15-7-4-8-16-42)43-24-21-38(22-25-43)37-13-5-3-6-14-37/h3-26,32-36,40-41H,27-31H2,1-2H3. The fourth-order valence-electron chi connectivity index (χ4n) is 12.9. The predicted molar refractivity (Wildman–Crippen MR) is 233 cm³/mol. The van der Waals surface area contributed by atoms with Crippen LogP contribution in [0.15, 0.2) is 164 Å². The lowest BCUT2D eigenvalue weighted by Crippen LogP contribution is -2.55. The van der Waals surface area contributed by atoms with Crippen molar-refractivity contribution in [2.75, 3.05) is 4.90 Å². The van der Waals surface area contributed by atoms with Crippen molar-refractivity contribution in [2.24, 2.45) is 23.7 Å². The second kappa shape index (κ2) is 11.9. The van der Waals surface area contributed by atoms with Crippen molar-refractivity contribution in [3.8, 4) is 44.5 Å². The molecule has 6 aliphatic carbocycles. The third kappa shape index (κ3) is 4.49. The van der Waals surface area contributed by atoms with Gasteiger partial charge in [-0.05, 0) is 159 Å². The molecule has 56 heavy (non-hydrogen) atoms. The molecule has 0 amide bonds. The molecule has 1 heteroatoms. The number of nitrogens with zero attached hydrogens (tertiary/aromatic N) is 1. The Kier molecular flexibility index (Phi) is 6.93. The molecule has 0 aromatic heterocycles. The highest BCUT2D eigenvalue weighted by atomic mass is 15.1. The Hall–Kier alpha value is -5.66. The number of anilines is 3. The van der Waals surface area contributed by atoms with Crippen LogP contribution in [0.3, 0.4) is 0 Å². The van der Waals surface area contributed by atoms with Crippen molar-refractivity contribution in [1.29, 1.82) is 0 Å². The van der Waals surface area contributed by atoms with Crippen LogP contribution in [0, 0.1) is 23.7 Å². The van der Waals surface area contributed by atoms with Gasteiger partial charge in [-0.3, -0.25) is 0 Å². The zero-order valence-electron chi connectivity index (χ0n) is 32.4. The Morgan fingerprint density at radius 2 is 0.929 bits per heavy atom. The van der Waals surface area contributed by atoms with Crippen LogP contribution < -0.4 is 4.90 Å². The van der Waals surface area contributed by atoms with Gasteiger partial charge >= 0.3 is 0 Å². The van der Waals surface area contributed by atoms with Crippen molar-refractivity contribution < 1.29 is 0 Å². The normalized spacial score (nSPS) is 24.1. The molecule has 0 N–H and O–H groups in total. The summed E-state index contributed by atoms with van der Waals surface area (Å²) in [6.07, 6.45) is 6.97. The third-order valence-electron chi connectivity index (χ3n) is 15.1. The number of rotatable bonds is 5. The van der Waals surface area contributed by atoms with Gasteiger partial charge < -0.3 is 4.90 Å². The smallest absolute Gasteiger partial charge is 0.0543 e. The lowest BCUT2D eigenvalue weighted by molar-refractivity contribution is -0.0399. The zero-order chi connectivity index (χ0) is 37.2. The minimum atomic E-state index is -0.0811. The Morgan fingerprint density at radius 3 is 1.62 bits per heavy atom. The highest BCUT2D eigenvalue weighted by molar-refractivity contribution is 5.96. The number of fused-ring (bicyclic) bond motifs is 6. The largest absolute Gasteiger partial charge is 0.310 e. The molecule has 0 aliphatic heterocycles. The number of hydrogen-bond acceptors (Lipinski definition) is 1. The minimum Gasteiger partial charge on any atom is -0.310 e. The third-order valence-corrected chi connectivity index (χ3v) is 15.1. The second-order valence-corrected chi connectivity index (χ2v) is 18.1. The summed E-state index contributed by atoms with van der Waals surface area (Å²) < 4.78 is 0. The van der Waals surface area contributed by atoms with Gasteiger partial charge in [0.25, 0.3) is 0 Å². The van der Waals surface area contributed by atoms with Crippen molar-refractivity contribution in [1.82, 2.24) is 0 Å². The van der Waals surface area contributed by atoms with Crippen LogP contribution in [0.5, 0.6) is 0 Å². The molecule has 4 fully saturated rings. The van der Waals surface area contributed by atoms with Crippen LogP contribution in [0.2, 0.25) is 0 Å². The van der Waals surface area contributed by atoms with Gasteiger partial charge in [-0.2, -0.15) is 0 Å². The molecule has 6 aliphatic rings. The highest BCUT2D eigenvalue weighted by Crippen LogP contribution is 2.70. The van der Waals surface area contributed by atoms with Crippen LogP contribution >= 0.6 is 0 Å². The molecule has 0 heterocycles. The Labute approximate surface area is 331 Å². The van der Waals surface area contributed by atoms with Gasteiger partial charge in [-0.1, -0.05) is 135 Å². The van der Waals surface area contributed by atoms with Gasteiger partial charge in [0.05, 0.1) is 5.69 Å². The van der Waals surface area contributed by atoms with E-state index in [0.29, 0.717) is 11.8 Å². The summed E-state index contributed by atoms with van der Waals surface area (Å²) in [6.45, 7) is 4.81. The first-order valence-electron chi connectivity index (χ1n) is 21.0. The minimum absolute atomic E-state index is 0.0771. The van der Waals surface area contributed by atoms with Gasteiger partial charge in [-0.25, -0.2) is 0 Å². The molecule has 13 rings (SSSR count). The first kappa shape index (κ1) is 32.6. The van der Waals surface area contributed by atoms with Crippen molar-refractivity contribution in [2.45, 2.75) is 56.8 Å². The van der Waals surface area contributed by atoms with Gasteiger partial charge in [0.2, 0.25) is 0 Å². The first-order valence-corrected chi connectivity index (χ1v) is 21.0. The molecule has 0 atom stereocenters. The van der Waals surface area contributed by atoms with Crippen LogP contribution in [0.4, 0.5) is 17.1 Å². The number of benzene rings is 7. The van der Waals surface area contributed by atoms with Crippen LogP contribution in [0.1, 0.15) is 68.2 Å². The molecule has 272 valence electrons. The summed E-state index contributed by atoms with van der Waals surface area (Å²) in [5.41, 5.74) is 20.4. The quantitative estimate of drug-likeness (QED) is 0.171. The molecule has 7 aromatic carbocycles. The van der Waals surface area contributed by atoms with Crippen molar-refractivity contribution in [3.63, 3.8) is 0 Å². The molecule has 1 nitrogen and oxygen atoms in total. The van der Waals surface area contributed by atoms with E-state index in [-0.39, 0.29) is 10.8 Å². The van der Waals surface area contributed by atoms with E-state index in [0.717, 1.165) is 11.8 Å². The molecule has 0 saturated heterocycles. The summed E-state index contributed by atoms with van der Waals surface area (Å²) >= 11 is 0. The van der Waals surface area contributed by atoms with E-state index in [1.165, 1.54) is 105 Å². The molecule has 0 radical (unpaired) electrons. The zero-order valence-corrected chi connectivity index (χ0v) is 32.4. The molecule has 4 saturated carbocycles.